The quantitative estimate of drug-likeness (QED) is 0.595. The van der Waals surface area contributed by atoms with Gasteiger partial charge in [0.1, 0.15) is 6.04 Å². The monoisotopic (exact) mass is 377 g/mol. The number of likely N-dealkylation sites (N-methyl/N-ethyl adjacent to an activating group) is 1. The van der Waals surface area contributed by atoms with Crippen LogP contribution in [-0.4, -0.2) is 63.8 Å². The summed E-state index contributed by atoms with van der Waals surface area (Å²) in [7, 11) is 1.53. The van der Waals surface area contributed by atoms with E-state index in [1.807, 2.05) is 0 Å². The van der Waals surface area contributed by atoms with Gasteiger partial charge in [0.2, 0.25) is 5.91 Å². The van der Waals surface area contributed by atoms with Crippen LogP contribution in [0.15, 0.2) is 18.2 Å². The van der Waals surface area contributed by atoms with Gasteiger partial charge >= 0.3 is 5.97 Å². The minimum Gasteiger partial charge on any atom is -0.481 e. The number of nitro groups is 1. The molecule has 0 saturated carbocycles. The van der Waals surface area contributed by atoms with E-state index in [2.05, 4.69) is 0 Å². The van der Waals surface area contributed by atoms with E-state index in [0.29, 0.717) is 30.5 Å². The van der Waals surface area contributed by atoms with Crippen molar-refractivity contribution >= 4 is 23.5 Å². The van der Waals surface area contributed by atoms with E-state index < -0.39 is 22.9 Å². The molecule has 0 bridgehead atoms. The standard InChI is InChI=1S/C18H23N3O6/c1-11-9-13(6-7-14(11)21(26)27)16(22)20-8-4-5-15(20)17(23)19(3)10-12(2)18(24)25/h6-7,9,12,15H,4-5,8,10H2,1-3H3,(H,24,25). The first kappa shape index (κ1) is 20.3. The van der Waals surface area contributed by atoms with E-state index in [4.69, 9.17) is 5.11 Å². The number of carbonyl (C=O) groups excluding carboxylic acids is 2. The van der Waals surface area contributed by atoms with Crippen molar-refractivity contribution in [2.45, 2.75) is 32.7 Å². The minimum absolute atomic E-state index is 0.0589. The van der Waals surface area contributed by atoms with Crippen LogP contribution in [0.5, 0.6) is 0 Å². The smallest absolute Gasteiger partial charge is 0.308 e. The van der Waals surface area contributed by atoms with Crippen LogP contribution in [0.4, 0.5) is 5.69 Å². The van der Waals surface area contributed by atoms with E-state index >= 15 is 0 Å². The molecule has 2 amide bonds. The molecule has 9 heteroatoms. The van der Waals surface area contributed by atoms with Gasteiger partial charge in [-0.25, -0.2) is 0 Å². The third-order valence-corrected chi connectivity index (χ3v) is 4.78. The zero-order chi connectivity index (χ0) is 20.3. The maximum Gasteiger partial charge on any atom is 0.308 e. The van der Waals surface area contributed by atoms with Crippen molar-refractivity contribution in [3.63, 3.8) is 0 Å². The Hall–Kier alpha value is -2.97. The van der Waals surface area contributed by atoms with Gasteiger partial charge in [-0.15, -0.1) is 0 Å². The van der Waals surface area contributed by atoms with Crippen LogP contribution in [0.2, 0.25) is 0 Å². The normalized spacial score (nSPS) is 17.4. The molecule has 1 fully saturated rings. The van der Waals surface area contributed by atoms with Crippen molar-refractivity contribution in [2.75, 3.05) is 20.1 Å². The molecule has 1 aromatic carbocycles. The number of amides is 2. The summed E-state index contributed by atoms with van der Waals surface area (Å²) in [6, 6.07) is 3.48. The fraction of sp³-hybridized carbons (Fsp3) is 0.500. The summed E-state index contributed by atoms with van der Waals surface area (Å²) in [5.74, 6) is -2.35. The van der Waals surface area contributed by atoms with Crippen molar-refractivity contribution < 1.29 is 24.4 Å². The molecule has 2 unspecified atom stereocenters. The molecule has 1 aromatic rings. The van der Waals surface area contributed by atoms with E-state index in [9.17, 15) is 24.5 Å². The summed E-state index contributed by atoms with van der Waals surface area (Å²) >= 11 is 0. The molecule has 2 rings (SSSR count). The zero-order valence-corrected chi connectivity index (χ0v) is 15.5. The SMILES string of the molecule is Cc1cc(C(=O)N2CCCC2C(=O)N(C)CC(C)C(=O)O)ccc1[N+](=O)[O-]. The Morgan fingerprint density at radius 1 is 1.41 bits per heavy atom. The lowest BCUT2D eigenvalue weighted by atomic mass is 10.1. The van der Waals surface area contributed by atoms with Crippen molar-refractivity contribution in [1.29, 1.82) is 0 Å². The second-order valence-electron chi connectivity index (χ2n) is 6.87. The number of likely N-dealkylation sites (tertiary alicyclic amines) is 1. The second-order valence-corrected chi connectivity index (χ2v) is 6.87. The molecule has 1 N–H and O–H groups in total. The van der Waals surface area contributed by atoms with E-state index in [0.717, 1.165) is 0 Å². The Labute approximate surface area is 156 Å². The van der Waals surface area contributed by atoms with Gasteiger partial charge in [0.05, 0.1) is 10.8 Å². The number of aryl methyl sites for hydroxylation is 1. The maximum absolute atomic E-state index is 12.8. The maximum atomic E-state index is 12.8. The number of hydrogen-bond acceptors (Lipinski definition) is 5. The van der Waals surface area contributed by atoms with E-state index in [1.54, 1.807) is 6.92 Å². The van der Waals surface area contributed by atoms with Gasteiger partial charge in [-0.1, -0.05) is 6.92 Å². The second kappa shape index (κ2) is 8.15. The molecule has 0 aromatic heterocycles. The summed E-state index contributed by atoms with van der Waals surface area (Å²) < 4.78 is 0. The third-order valence-electron chi connectivity index (χ3n) is 4.78. The van der Waals surface area contributed by atoms with Crippen LogP contribution in [0.1, 0.15) is 35.7 Å². The summed E-state index contributed by atoms with van der Waals surface area (Å²) in [6.07, 6.45) is 1.17. The van der Waals surface area contributed by atoms with Crippen molar-refractivity contribution in [2.24, 2.45) is 5.92 Å². The highest BCUT2D eigenvalue weighted by atomic mass is 16.6. The fourth-order valence-corrected chi connectivity index (χ4v) is 3.26. The number of carboxylic acids is 1. The molecule has 0 radical (unpaired) electrons. The molecule has 146 valence electrons. The summed E-state index contributed by atoms with van der Waals surface area (Å²) in [5, 5.41) is 19.9. The minimum atomic E-state index is -0.990. The molecule has 1 aliphatic heterocycles. The lowest BCUT2D eigenvalue weighted by molar-refractivity contribution is -0.385. The Kier molecular flexibility index (Phi) is 6.14. The molecular weight excluding hydrogens is 354 g/mol. The Morgan fingerprint density at radius 3 is 2.63 bits per heavy atom. The topological polar surface area (TPSA) is 121 Å². The van der Waals surface area contributed by atoms with Crippen molar-refractivity contribution in [1.82, 2.24) is 9.80 Å². The molecule has 0 aliphatic carbocycles. The average molecular weight is 377 g/mol. The number of carbonyl (C=O) groups is 3. The Bertz CT molecular complexity index is 778. The first-order valence-electron chi connectivity index (χ1n) is 8.67. The first-order valence-corrected chi connectivity index (χ1v) is 8.67. The zero-order valence-electron chi connectivity index (χ0n) is 15.5. The molecule has 1 aliphatic rings. The lowest BCUT2D eigenvalue weighted by Crippen LogP contribution is -2.48. The van der Waals surface area contributed by atoms with Gasteiger partial charge in [-0.3, -0.25) is 24.5 Å². The van der Waals surface area contributed by atoms with Crippen LogP contribution >= 0.6 is 0 Å². The molecule has 0 spiro atoms. The van der Waals surface area contributed by atoms with E-state index in [-0.39, 0.29) is 24.0 Å². The molecule has 9 nitrogen and oxygen atoms in total. The van der Waals surface area contributed by atoms with Gasteiger partial charge in [0.25, 0.3) is 11.6 Å². The number of rotatable bonds is 6. The largest absolute Gasteiger partial charge is 0.481 e. The van der Waals surface area contributed by atoms with Gasteiger partial charge in [-0.05, 0) is 31.9 Å². The van der Waals surface area contributed by atoms with Crippen LogP contribution in [-0.2, 0) is 9.59 Å². The van der Waals surface area contributed by atoms with Crippen LogP contribution < -0.4 is 0 Å². The molecular formula is C18H23N3O6. The molecule has 1 heterocycles. The number of nitro benzene ring substituents is 1. The highest BCUT2D eigenvalue weighted by Gasteiger charge is 2.36. The predicted octanol–water partition coefficient (Wildman–Crippen LogP) is 1.69. The summed E-state index contributed by atoms with van der Waals surface area (Å²) in [4.78, 5) is 49.8. The lowest BCUT2D eigenvalue weighted by Gasteiger charge is -2.29. The number of hydrogen-bond donors (Lipinski definition) is 1. The Balaban J connectivity index is 2.16. The first-order chi connectivity index (χ1) is 12.6. The van der Waals surface area contributed by atoms with Gasteiger partial charge < -0.3 is 14.9 Å². The summed E-state index contributed by atoms with van der Waals surface area (Å²) in [5.41, 5.74) is 0.600. The van der Waals surface area contributed by atoms with Crippen LogP contribution in [0.3, 0.4) is 0 Å². The molecule has 27 heavy (non-hydrogen) atoms. The highest BCUT2D eigenvalue weighted by Crippen LogP contribution is 2.25. The van der Waals surface area contributed by atoms with Gasteiger partial charge in [-0.2, -0.15) is 0 Å². The Morgan fingerprint density at radius 2 is 2.07 bits per heavy atom. The van der Waals surface area contributed by atoms with Gasteiger partial charge in [0, 0.05) is 37.3 Å². The molecule has 2 atom stereocenters. The number of carboxylic acid groups (broad SMARTS) is 1. The number of benzene rings is 1. The predicted molar refractivity (Wildman–Crippen MR) is 96.3 cm³/mol. The highest BCUT2D eigenvalue weighted by molar-refractivity contribution is 5.98. The van der Waals surface area contributed by atoms with Crippen LogP contribution in [0, 0.1) is 23.0 Å². The third kappa shape index (κ3) is 4.42. The van der Waals surface area contributed by atoms with E-state index in [1.165, 1.54) is 42.0 Å². The number of nitrogens with zero attached hydrogens (tertiary/aromatic N) is 3. The fourth-order valence-electron chi connectivity index (χ4n) is 3.26. The molecule has 1 saturated heterocycles. The number of aliphatic carboxylic acids is 1. The average Bonchev–Trinajstić information content (AvgIpc) is 3.09. The van der Waals surface area contributed by atoms with Crippen molar-refractivity contribution in [3.05, 3.63) is 39.4 Å². The van der Waals surface area contributed by atoms with Crippen molar-refractivity contribution in [3.8, 4) is 0 Å². The van der Waals surface area contributed by atoms with Gasteiger partial charge in [0.15, 0.2) is 0 Å². The summed E-state index contributed by atoms with van der Waals surface area (Å²) in [6.45, 7) is 3.54. The van der Waals surface area contributed by atoms with Crippen LogP contribution in [0.25, 0.3) is 0 Å².